The van der Waals surface area contributed by atoms with E-state index < -0.39 is 12.2 Å². The maximum atomic E-state index is 12.7. The zero-order chi connectivity index (χ0) is 19.8. The molecule has 3 N–H and O–H groups in total. The fraction of sp³-hybridized carbons (Fsp3) is 0.263. The van der Waals surface area contributed by atoms with Gasteiger partial charge in [-0.05, 0) is 26.0 Å². The van der Waals surface area contributed by atoms with Crippen molar-refractivity contribution in [3.8, 4) is 0 Å². The Hall–Kier alpha value is -3.46. The number of benzene rings is 1. The molecule has 9 heteroatoms. The van der Waals surface area contributed by atoms with Crippen LogP contribution in [0.1, 0.15) is 35.9 Å². The third-order valence-electron chi connectivity index (χ3n) is 4.43. The number of anilines is 1. The molecule has 1 aromatic carbocycles. The third-order valence-corrected chi connectivity index (χ3v) is 4.43. The third kappa shape index (κ3) is 3.39. The van der Waals surface area contributed by atoms with Crippen LogP contribution in [0, 0.1) is 6.92 Å². The molecule has 144 valence electrons. The molecular formula is C19H19N5O4. The molecule has 0 aliphatic carbocycles. The molecule has 0 radical (unpaired) electrons. The number of carbonyl (C=O) groups excluding carboxylic acids is 2. The first-order valence-corrected chi connectivity index (χ1v) is 8.86. The van der Waals surface area contributed by atoms with Gasteiger partial charge in [-0.3, -0.25) is 19.7 Å². The van der Waals surface area contributed by atoms with Gasteiger partial charge in [0.1, 0.15) is 11.4 Å². The van der Waals surface area contributed by atoms with Crippen LogP contribution in [0.15, 0.2) is 45.6 Å². The molecule has 9 nitrogen and oxygen atoms in total. The number of nitrogens with zero attached hydrogens (tertiary/aromatic N) is 2. The van der Waals surface area contributed by atoms with Crippen molar-refractivity contribution in [2.24, 2.45) is 0 Å². The Morgan fingerprint density at radius 1 is 1.29 bits per heavy atom. The standard InChI is InChI=1S/C19H19N5O4/c1-10-8-17(26)22-19(20-10)24-16(7-11(2)23-24)21-18(27)15-9-13(25)12-5-3-4-6-14(12)28-15/h3-7,9-10,19-20H,8H2,1-2H3,(H,21,27)(H,22,26). The van der Waals surface area contributed by atoms with Crippen molar-refractivity contribution in [3.63, 3.8) is 0 Å². The Morgan fingerprint density at radius 3 is 2.86 bits per heavy atom. The SMILES string of the molecule is Cc1cc(NC(=O)c2cc(=O)c3ccccc3o2)n(C2NC(=O)CC(C)N2)n1. The molecule has 4 rings (SSSR count). The van der Waals surface area contributed by atoms with Crippen LogP contribution in [0.5, 0.6) is 0 Å². The van der Waals surface area contributed by atoms with Crippen LogP contribution in [0.25, 0.3) is 11.0 Å². The predicted molar refractivity (Wildman–Crippen MR) is 102 cm³/mol. The zero-order valence-electron chi connectivity index (χ0n) is 15.4. The van der Waals surface area contributed by atoms with Crippen molar-refractivity contribution in [2.45, 2.75) is 32.6 Å². The molecule has 3 aromatic rings. The number of fused-ring (bicyclic) bond motifs is 1. The first kappa shape index (κ1) is 17.9. The van der Waals surface area contributed by atoms with Crippen LogP contribution >= 0.6 is 0 Å². The normalized spacial score (nSPS) is 19.4. The lowest BCUT2D eigenvalue weighted by Gasteiger charge is -2.30. The number of para-hydroxylation sites is 1. The maximum Gasteiger partial charge on any atom is 0.292 e. The van der Waals surface area contributed by atoms with Gasteiger partial charge in [0.2, 0.25) is 5.91 Å². The highest BCUT2D eigenvalue weighted by Crippen LogP contribution is 2.19. The molecule has 1 aliphatic rings. The van der Waals surface area contributed by atoms with Crippen LogP contribution in [0.3, 0.4) is 0 Å². The second kappa shape index (κ2) is 6.93. The first-order chi connectivity index (χ1) is 13.4. The van der Waals surface area contributed by atoms with E-state index in [1.54, 1.807) is 37.3 Å². The van der Waals surface area contributed by atoms with Crippen LogP contribution in [-0.2, 0) is 4.79 Å². The molecular weight excluding hydrogens is 362 g/mol. The molecule has 0 saturated carbocycles. The van der Waals surface area contributed by atoms with E-state index in [9.17, 15) is 14.4 Å². The summed E-state index contributed by atoms with van der Waals surface area (Å²) in [6, 6.07) is 9.52. The van der Waals surface area contributed by atoms with E-state index in [0.29, 0.717) is 28.9 Å². The Balaban J connectivity index is 1.64. The molecule has 0 bridgehead atoms. The van der Waals surface area contributed by atoms with E-state index in [-0.39, 0.29) is 23.1 Å². The minimum Gasteiger partial charge on any atom is -0.451 e. The van der Waals surface area contributed by atoms with E-state index in [1.165, 1.54) is 4.68 Å². The van der Waals surface area contributed by atoms with Crippen LogP contribution in [-0.4, -0.2) is 27.6 Å². The van der Waals surface area contributed by atoms with Crippen LogP contribution in [0.4, 0.5) is 5.82 Å². The summed E-state index contributed by atoms with van der Waals surface area (Å²) < 4.78 is 7.06. The number of amides is 2. The minimum absolute atomic E-state index is 0.0367. The number of rotatable bonds is 3. The van der Waals surface area contributed by atoms with Gasteiger partial charge < -0.3 is 15.1 Å². The van der Waals surface area contributed by atoms with Gasteiger partial charge in [-0.15, -0.1) is 0 Å². The van der Waals surface area contributed by atoms with E-state index in [0.717, 1.165) is 6.07 Å². The second-order valence-electron chi connectivity index (χ2n) is 6.78. The Kier molecular flexibility index (Phi) is 4.44. The highest BCUT2D eigenvalue weighted by Gasteiger charge is 2.27. The van der Waals surface area contributed by atoms with E-state index in [4.69, 9.17) is 4.42 Å². The van der Waals surface area contributed by atoms with Gasteiger partial charge in [0.15, 0.2) is 17.5 Å². The molecule has 2 unspecified atom stereocenters. The largest absolute Gasteiger partial charge is 0.451 e. The van der Waals surface area contributed by atoms with E-state index >= 15 is 0 Å². The topological polar surface area (TPSA) is 118 Å². The van der Waals surface area contributed by atoms with Gasteiger partial charge in [0.25, 0.3) is 5.91 Å². The Labute approximate surface area is 159 Å². The van der Waals surface area contributed by atoms with Gasteiger partial charge >= 0.3 is 0 Å². The van der Waals surface area contributed by atoms with E-state index in [2.05, 4.69) is 21.0 Å². The summed E-state index contributed by atoms with van der Waals surface area (Å²) in [6.07, 6.45) is -0.232. The molecule has 0 spiro atoms. The predicted octanol–water partition coefficient (Wildman–Crippen LogP) is 1.50. The number of aromatic nitrogens is 2. The highest BCUT2D eigenvalue weighted by atomic mass is 16.3. The quantitative estimate of drug-likeness (QED) is 0.633. The average molecular weight is 381 g/mol. The molecule has 28 heavy (non-hydrogen) atoms. The summed E-state index contributed by atoms with van der Waals surface area (Å²) >= 11 is 0. The van der Waals surface area contributed by atoms with Crippen molar-refractivity contribution < 1.29 is 14.0 Å². The number of carbonyl (C=O) groups is 2. The van der Waals surface area contributed by atoms with Crippen molar-refractivity contribution in [2.75, 3.05) is 5.32 Å². The summed E-state index contributed by atoms with van der Waals surface area (Å²) in [5.74, 6) is -0.435. The van der Waals surface area contributed by atoms with Crippen molar-refractivity contribution in [3.05, 3.63) is 58.1 Å². The van der Waals surface area contributed by atoms with E-state index in [1.807, 2.05) is 6.92 Å². The lowest BCUT2D eigenvalue weighted by molar-refractivity contribution is -0.125. The van der Waals surface area contributed by atoms with Gasteiger partial charge in [-0.1, -0.05) is 12.1 Å². The molecule has 2 amide bonds. The molecule has 1 saturated heterocycles. The summed E-state index contributed by atoms with van der Waals surface area (Å²) in [4.78, 5) is 36.8. The summed E-state index contributed by atoms with van der Waals surface area (Å²) in [7, 11) is 0. The lowest BCUT2D eigenvalue weighted by Crippen LogP contribution is -2.52. The molecule has 2 aromatic heterocycles. The van der Waals surface area contributed by atoms with Crippen molar-refractivity contribution in [1.82, 2.24) is 20.4 Å². The number of nitrogens with one attached hydrogen (secondary N) is 3. The number of hydrogen-bond donors (Lipinski definition) is 3. The summed E-state index contributed by atoms with van der Waals surface area (Å²) in [6.45, 7) is 3.67. The van der Waals surface area contributed by atoms with Crippen LogP contribution in [0.2, 0.25) is 0 Å². The zero-order valence-corrected chi connectivity index (χ0v) is 15.4. The summed E-state index contributed by atoms with van der Waals surface area (Å²) in [5, 5.41) is 13.5. The Morgan fingerprint density at radius 2 is 2.07 bits per heavy atom. The first-order valence-electron chi connectivity index (χ1n) is 8.86. The molecule has 1 fully saturated rings. The average Bonchev–Trinajstić information content (AvgIpc) is 3.01. The monoisotopic (exact) mass is 381 g/mol. The highest BCUT2D eigenvalue weighted by molar-refractivity contribution is 6.02. The number of aryl methyl sites for hydroxylation is 1. The van der Waals surface area contributed by atoms with Gasteiger partial charge in [0, 0.05) is 24.6 Å². The van der Waals surface area contributed by atoms with Gasteiger partial charge in [-0.2, -0.15) is 5.10 Å². The maximum absolute atomic E-state index is 12.7. The Bertz CT molecular complexity index is 1130. The number of hydrogen-bond acceptors (Lipinski definition) is 6. The van der Waals surface area contributed by atoms with Crippen molar-refractivity contribution in [1.29, 1.82) is 0 Å². The molecule has 1 aliphatic heterocycles. The second-order valence-corrected chi connectivity index (χ2v) is 6.78. The van der Waals surface area contributed by atoms with Gasteiger partial charge in [0.05, 0.1) is 11.1 Å². The molecule has 3 heterocycles. The lowest BCUT2D eigenvalue weighted by atomic mass is 10.2. The smallest absolute Gasteiger partial charge is 0.292 e. The van der Waals surface area contributed by atoms with Crippen molar-refractivity contribution >= 4 is 28.6 Å². The van der Waals surface area contributed by atoms with Gasteiger partial charge in [-0.25, -0.2) is 4.68 Å². The fourth-order valence-corrected chi connectivity index (χ4v) is 3.19. The molecule has 2 atom stereocenters. The van der Waals surface area contributed by atoms with Crippen LogP contribution < -0.4 is 21.4 Å². The summed E-state index contributed by atoms with van der Waals surface area (Å²) in [5.41, 5.74) is 0.691. The fourth-order valence-electron chi connectivity index (χ4n) is 3.19. The minimum atomic E-state index is -0.594.